The topological polar surface area (TPSA) is 97.8 Å². The van der Waals surface area contributed by atoms with E-state index in [1.165, 1.54) is 0 Å². The van der Waals surface area contributed by atoms with E-state index in [4.69, 9.17) is 5.73 Å². The molecular weight excluding hydrogens is 316 g/mol. The largest absolute Gasteiger partial charge is 0.383 e. The summed E-state index contributed by atoms with van der Waals surface area (Å²) in [6.07, 6.45) is 2.80. The van der Waals surface area contributed by atoms with Crippen LogP contribution in [0, 0.1) is 12.8 Å². The number of aromatic nitrogens is 5. The van der Waals surface area contributed by atoms with Gasteiger partial charge in [0.1, 0.15) is 11.6 Å². The van der Waals surface area contributed by atoms with Crippen molar-refractivity contribution in [2.75, 3.05) is 35.6 Å². The molecule has 1 saturated heterocycles. The molecule has 0 amide bonds. The Morgan fingerprint density at radius 3 is 3.00 bits per heavy atom. The summed E-state index contributed by atoms with van der Waals surface area (Å²) < 4.78 is 1.73. The number of nitrogens with one attached hydrogen (secondary N) is 1. The summed E-state index contributed by atoms with van der Waals surface area (Å²) in [5.41, 5.74) is 7.86. The minimum Gasteiger partial charge on any atom is -0.383 e. The molecule has 1 fully saturated rings. The number of rotatable bonds is 4. The third-order valence-corrected chi connectivity index (χ3v) is 4.64. The van der Waals surface area contributed by atoms with Gasteiger partial charge < -0.3 is 16.0 Å². The highest BCUT2D eigenvalue weighted by Crippen LogP contribution is 2.25. The Kier molecular flexibility index (Phi) is 3.87. The van der Waals surface area contributed by atoms with E-state index in [0.29, 0.717) is 17.7 Å². The minimum absolute atomic E-state index is 0.485. The third kappa shape index (κ3) is 3.07. The number of fused-ring (bicyclic) bond motifs is 1. The number of pyridine rings is 1. The van der Waals surface area contributed by atoms with Gasteiger partial charge in [0.05, 0.1) is 11.6 Å². The molecule has 0 saturated carbocycles. The maximum absolute atomic E-state index is 6.07. The van der Waals surface area contributed by atoms with Gasteiger partial charge in [-0.3, -0.25) is 4.68 Å². The molecule has 4 heterocycles. The molecule has 1 atom stereocenters. The van der Waals surface area contributed by atoms with E-state index in [1.807, 2.05) is 32.2 Å². The van der Waals surface area contributed by atoms with Gasteiger partial charge in [0, 0.05) is 32.4 Å². The van der Waals surface area contributed by atoms with Crippen molar-refractivity contribution in [1.29, 1.82) is 0 Å². The van der Waals surface area contributed by atoms with Gasteiger partial charge in [-0.25, -0.2) is 4.98 Å². The van der Waals surface area contributed by atoms with Crippen molar-refractivity contribution >= 4 is 28.6 Å². The van der Waals surface area contributed by atoms with Crippen LogP contribution in [0.3, 0.4) is 0 Å². The van der Waals surface area contributed by atoms with Crippen LogP contribution in [0.1, 0.15) is 12.1 Å². The SMILES string of the molecule is Cc1cccc(NC[C@@H]2CCN(c3nc(N)c4cnn(C)c4n3)C2)n1. The highest BCUT2D eigenvalue weighted by molar-refractivity contribution is 5.86. The molecule has 8 heteroatoms. The highest BCUT2D eigenvalue weighted by Gasteiger charge is 2.25. The van der Waals surface area contributed by atoms with Crippen LogP contribution in [0.2, 0.25) is 0 Å². The van der Waals surface area contributed by atoms with Gasteiger partial charge in [-0.05, 0) is 31.4 Å². The standard InChI is InChI=1S/C17H22N8/c1-11-4-3-5-14(21-11)19-8-12-6-7-25(10-12)17-22-15(18)13-9-20-24(2)16(13)23-17/h3-5,9,12H,6-8,10H2,1-2H3,(H,19,21)(H2,18,22,23)/t12-/m0/s1. The van der Waals surface area contributed by atoms with Crippen molar-refractivity contribution in [2.45, 2.75) is 13.3 Å². The zero-order valence-corrected chi connectivity index (χ0v) is 14.5. The second kappa shape index (κ2) is 6.19. The number of anilines is 3. The summed E-state index contributed by atoms with van der Waals surface area (Å²) in [6, 6.07) is 6.02. The monoisotopic (exact) mass is 338 g/mol. The summed E-state index contributed by atoms with van der Waals surface area (Å²) in [7, 11) is 1.87. The molecule has 4 rings (SSSR count). The van der Waals surface area contributed by atoms with Crippen molar-refractivity contribution in [3.8, 4) is 0 Å². The van der Waals surface area contributed by atoms with E-state index in [0.717, 1.165) is 48.6 Å². The molecule has 1 aliphatic heterocycles. The zero-order valence-electron chi connectivity index (χ0n) is 14.5. The molecule has 0 spiro atoms. The third-order valence-electron chi connectivity index (χ3n) is 4.64. The van der Waals surface area contributed by atoms with E-state index in [2.05, 4.69) is 30.3 Å². The number of aryl methyl sites for hydroxylation is 2. The molecule has 8 nitrogen and oxygen atoms in total. The first kappa shape index (κ1) is 15.6. The molecule has 0 radical (unpaired) electrons. The fourth-order valence-electron chi connectivity index (χ4n) is 3.24. The lowest BCUT2D eigenvalue weighted by Gasteiger charge is -2.17. The van der Waals surface area contributed by atoms with Crippen LogP contribution in [0.15, 0.2) is 24.4 Å². The Labute approximate surface area is 146 Å². The van der Waals surface area contributed by atoms with Crippen molar-refractivity contribution in [2.24, 2.45) is 13.0 Å². The summed E-state index contributed by atoms with van der Waals surface area (Å²) in [4.78, 5) is 15.8. The molecule has 0 unspecified atom stereocenters. The second-order valence-electron chi connectivity index (χ2n) is 6.56. The van der Waals surface area contributed by atoms with Crippen LogP contribution in [-0.2, 0) is 7.05 Å². The Bertz CT molecular complexity index is 903. The van der Waals surface area contributed by atoms with Gasteiger partial charge in [-0.1, -0.05) is 6.07 Å². The lowest BCUT2D eigenvalue weighted by Crippen LogP contribution is -2.24. The molecule has 0 aromatic carbocycles. The average Bonchev–Trinajstić information content (AvgIpc) is 3.21. The lowest BCUT2D eigenvalue weighted by molar-refractivity contribution is 0.620. The first-order valence-electron chi connectivity index (χ1n) is 8.48. The van der Waals surface area contributed by atoms with Crippen LogP contribution >= 0.6 is 0 Å². The smallest absolute Gasteiger partial charge is 0.229 e. The predicted molar refractivity (Wildman–Crippen MR) is 98.5 cm³/mol. The molecule has 0 bridgehead atoms. The van der Waals surface area contributed by atoms with Gasteiger partial charge in [0.2, 0.25) is 5.95 Å². The lowest BCUT2D eigenvalue weighted by atomic mass is 10.1. The minimum atomic E-state index is 0.485. The number of nitrogens with zero attached hydrogens (tertiary/aromatic N) is 6. The summed E-state index contributed by atoms with van der Waals surface area (Å²) in [5, 5.41) is 8.44. The average molecular weight is 338 g/mol. The molecule has 3 aromatic rings. The molecule has 0 aliphatic carbocycles. The van der Waals surface area contributed by atoms with Gasteiger partial charge >= 0.3 is 0 Å². The number of nitrogen functional groups attached to an aromatic ring is 1. The van der Waals surface area contributed by atoms with Crippen molar-refractivity contribution in [3.63, 3.8) is 0 Å². The van der Waals surface area contributed by atoms with E-state index >= 15 is 0 Å². The van der Waals surface area contributed by atoms with Crippen LogP contribution in [0.4, 0.5) is 17.6 Å². The molecule has 3 N–H and O–H groups in total. The fraction of sp³-hybridized carbons (Fsp3) is 0.412. The Balaban J connectivity index is 1.44. The van der Waals surface area contributed by atoms with E-state index in [1.54, 1.807) is 10.9 Å². The van der Waals surface area contributed by atoms with E-state index < -0.39 is 0 Å². The van der Waals surface area contributed by atoms with Gasteiger partial charge in [0.25, 0.3) is 0 Å². The van der Waals surface area contributed by atoms with Gasteiger partial charge in [-0.2, -0.15) is 15.1 Å². The highest BCUT2D eigenvalue weighted by atomic mass is 15.3. The Hall–Kier alpha value is -2.90. The van der Waals surface area contributed by atoms with Crippen LogP contribution in [-0.4, -0.2) is 44.4 Å². The van der Waals surface area contributed by atoms with Crippen LogP contribution in [0.25, 0.3) is 11.0 Å². The van der Waals surface area contributed by atoms with Crippen molar-refractivity contribution in [3.05, 3.63) is 30.1 Å². The Morgan fingerprint density at radius 2 is 2.16 bits per heavy atom. The molecule has 1 aliphatic rings. The van der Waals surface area contributed by atoms with Gasteiger partial charge in [0.15, 0.2) is 5.65 Å². The number of hydrogen-bond donors (Lipinski definition) is 2. The maximum Gasteiger partial charge on any atom is 0.229 e. The number of nitrogens with two attached hydrogens (primary N) is 1. The van der Waals surface area contributed by atoms with Crippen molar-refractivity contribution < 1.29 is 0 Å². The molecule has 25 heavy (non-hydrogen) atoms. The van der Waals surface area contributed by atoms with Crippen LogP contribution < -0.4 is 16.0 Å². The summed E-state index contributed by atoms with van der Waals surface area (Å²) in [6.45, 7) is 4.72. The second-order valence-corrected chi connectivity index (χ2v) is 6.56. The van der Waals surface area contributed by atoms with E-state index in [9.17, 15) is 0 Å². The van der Waals surface area contributed by atoms with Crippen LogP contribution in [0.5, 0.6) is 0 Å². The number of hydrogen-bond acceptors (Lipinski definition) is 7. The molecular formula is C17H22N8. The Morgan fingerprint density at radius 1 is 1.28 bits per heavy atom. The summed E-state index contributed by atoms with van der Waals surface area (Å²) in [5.74, 6) is 2.62. The molecule has 130 valence electrons. The first-order chi connectivity index (χ1) is 12.1. The normalized spacial score (nSPS) is 17.4. The maximum atomic E-state index is 6.07. The first-order valence-corrected chi connectivity index (χ1v) is 8.48. The fourth-order valence-corrected chi connectivity index (χ4v) is 3.24. The molecule has 3 aromatic heterocycles. The quantitative estimate of drug-likeness (QED) is 0.745. The van der Waals surface area contributed by atoms with Crippen molar-refractivity contribution in [1.82, 2.24) is 24.7 Å². The zero-order chi connectivity index (χ0) is 17.4. The summed E-state index contributed by atoms with van der Waals surface area (Å²) >= 11 is 0. The van der Waals surface area contributed by atoms with Gasteiger partial charge in [-0.15, -0.1) is 0 Å². The predicted octanol–water partition coefficient (Wildman–Crippen LogP) is 1.59. The van der Waals surface area contributed by atoms with E-state index in [-0.39, 0.29) is 0 Å².